The number of nitrogens with zero attached hydrogens (tertiary/aromatic N) is 3. The SMILES string of the molecule is Cc1cc2c(Nc3cccc(Cl)n3)nc(Cl)nc2s1. The lowest BCUT2D eigenvalue weighted by Crippen LogP contribution is -1.97. The van der Waals surface area contributed by atoms with Crippen LogP contribution in [-0.4, -0.2) is 15.0 Å². The minimum atomic E-state index is 0.207. The average molecular weight is 311 g/mol. The Balaban J connectivity index is 2.09. The molecular weight excluding hydrogens is 303 g/mol. The van der Waals surface area contributed by atoms with Crippen molar-refractivity contribution in [3.05, 3.63) is 39.6 Å². The Morgan fingerprint density at radius 3 is 2.79 bits per heavy atom. The summed E-state index contributed by atoms with van der Waals surface area (Å²) in [6.45, 7) is 2.02. The Morgan fingerprint density at radius 1 is 1.16 bits per heavy atom. The van der Waals surface area contributed by atoms with E-state index >= 15 is 0 Å². The van der Waals surface area contributed by atoms with Gasteiger partial charge < -0.3 is 5.32 Å². The number of thiophene rings is 1. The molecule has 0 bridgehead atoms. The third-order valence-electron chi connectivity index (χ3n) is 2.45. The first-order valence-corrected chi connectivity index (χ1v) is 7.02. The van der Waals surface area contributed by atoms with Gasteiger partial charge in [0.2, 0.25) is 5.28 Å². The first-order chi connectivity index (χ1) is 9.11. The first kappa shape index (κ1) is 12.6. The summed E-state index contributed by atoms with van der Waals surface area (Å²) in [5.74, 6) is 1.25. The Kier molecular flexibility index (Phi) is 3.26. The second-order valence-electron chi connectivity index (χ2n) is 3.89. The summed E-state index contributed by atoms with van der Waals surface area (Å²) in [5, 5.41) is 4.67. The molecule has 0 aliphatic carbocycles. The van der Waals surface area contributed by atoms with Crippen LogP contribution in [0.5, 0.6) is 0 Å². The predicted octanol–water partition coefficient (Wildman–Crippen LogP) is 4.45. The summed E-state index contributed by atoms with van der Waals surface area (Å²) < 4.78 is 0. The van der Waals surface area contributed by atoms with E-state index in [1.54, 1.807) is 17.4 Å². The van der Waals surface area contributed by atoms with Gasteiger partial charge in [-0.25, -0.2) is 9.97 Å². The summed E-state index contributed by atoms with van der Waals surface area (Å²) in [6.07, 6.45) is 0. The van der Waals surface area contributed by atoms with Crippen LogP contribution in [0.25, 0.3) is 10.2 Å². The van der Waals surface area contributed by atoms with Gasteiger partial charge in [0.15, 0.2) is 0 Å². The van der Waals surface area contributed by atoms with Gasteiger partial charge in [-0.2, -0.15) is 4.98 Å². The van der Waals surface area contributed by atoms with Gasteiger partial charge in [0.25, 0.3) is 0 Å². The number of hydrogen-bond donors (Lipinski definition) is 1. The molecule has 0 atom stereocenters. The number of rotatable bonds is 2. The van der Waals surface area contributed by atoms with Gasteiger partial charge >= 0.3 is 0 Å². The highest BCUT2D eigenvalue weighted by atomic mass is 35.5. The van der Waals surface area contributed by atoms with E-state index in [-0.39, 0.29) is 5.28 Å². The van der Waals surface area contributed by atoms with Crippen LogP contribution in [0.2, 0.25) is 10.4 Å². The Hall–Kier alpha value is -1.43. The number of hydrogen-bond acceptors (Lipinski definition) is 5. The number of anilines is 2. The van der Waals surface area contributed by atoms with Crippen molar-refractivity contribution in [3.63, 3.8) is 0 Å². The zero-order chi connectivity index (χ0) is 13.4. The topological polar surface area (TPSA) is 50.7 Å². The smallest absolute Gasteiger partial charge is 0.225 e. The number of nitrogens with one attached hydrogen (secondary N) is 1. The van der Waals surface area contributed by atoms with E-state index in [0.29, 0.717) is 16.8 Å². The van der Waals surface area contributed by atoms with Crippen LogP contribution in [0.15, 0.2) is 24.3 Å². The molecule has 0 aliphatic heterocycles. The van der Waals surface area contributed by atoms with Crippen molar-refractivity contribution in [3.8, 4) is 0 Å². The summed E-state index contributed by atoms with van der Waals surface area (Å²) in [6, 6.07) is 7.36. The molecular formula is C12H8Cl2N4S. The van der Waals surface area contributed by atoms with Crippen molar-refractivity contribution >= 4 is 56.4 Å². The Morgan fingerprint density at radius 2 is 2.00 bits per heavy atom. The molecule has 96 valence electrons. The lowest BCUT2D eigenvalue weighted by Gasteiger charge is -2.06. The number of pyridine rings is 1. The number of fused-ring (bicyclic) bond motifs is 1. The molecule has 0 amide bonds. The molecule has 19 heavy (non-hydrogen) atoms. The van der Waals surface area contributed by atoms with Crippen LogP contribution in [-0.2, 0) is 0 Å². The second kappa shape index (κ2) is 4.92. The van der Waals surface area contributed by atoms with Gasteiger partial charge in [0.05, 0.1) is 5.39 Å². The van der Waals surface area contributed by atoms with Gasteiger partial charge in [0, 0.05) is 4.88 Å². The minimum absolute atomic E-state index is 0.207. The maximum absolute atomic E-state index is 5.93. The van der Waals surface area contributed by atoms with E-state index in [0.717, 1.165) is 15.1 Å². The molecule has 0 unspecified atom stereocenters. The molecule has 0 radical (unpaired) electrons. The Bertz CT molecular complexity index is 757. The van der Waals surface area contributed by atoms with Crippen molar-refractivity contribution < 1.29 is 0 Å². The highest BCUT2D eigenvalue weighted by molar-refractivity contribution is 7.18. The lowest BCUT2D eigenvalue weighted by molar-refractivity contribution is 1.21. The average Bonchev–Trinajstić information content (AvgIpc) is 2.69. The number of aryl methyl sites for hydroxylation is 1. The minimum Gasteiger partial charge on any atom is -0.324 e. The molecule has 4 nitrogen and oxygen atoms in total. The third kappa shape index (κ3) is 2.63. The zero-order valence-electron chi connectivity index (χ0n) is 9.82. The number of aromatic nitrogens is 3. The van der Waals surface area contributed by atoms with Gasteiger partial charge in [0.1, 0.15) is 21.6 Å². The molecule has 0 fully saturated rings. The van der Waals surface area contributed by atoms with Crippen LogP contribution in [0.3, 0.4) is 0 Å². The monoisotopic (exact) mass is 310 g/mol. The molecule has 3 aromatic heterocycles. The maximum atomic E-state index is 5.93. The fraction of sp³-hybridized carbons (Fsp3) is 0.0833. The largest absolute Gasteiger partial charge is 0.324 e. The van der Waals surface area contributed by atoms with Gasteiger partial charge in [-0.15, -0.1) is 11.3 Å². The highest BCUT2D eigenvalue weighted by Gasteiger charge is 2.10. The van der Waals surface area contributed by atoms with Crippen molar-refractivity contribution in [2.45, 2.75) is 6.92 Å². The van der Waals surface area contributed by atoms with Crippen molar-refractivity contribution in [1.29, 1.82) is 0 Å². The van der Waals surface area contributed by atoms with E-state index in [2.05, 4.69) is 20.3 Å². The van der Waals surface area contributed by atoms with E-state index < -0.39 is 0 Å². The molecule has 0 aromatic carbocycles. The molecule has 0 spiro atoms. The van der Waals surface area contributed by atoms with E-state index in [1.165, 1.54) is 0 Å². The summed E-state index contributed by atoms with van der Waals surface area (Å²) >= 11 is 13.4. The van der Waals surface area contributed by atoms with Crippen molar-refractivity contribution in [1.82, 2.24) is 15.0 Å². The summed E-state index contributed by atoms with van der Waals surface area (Å²) in [5.41, 5.74) is 0. The Labute approximate surface area is 123 Å². The molecule has 0 saturated heterocycles. The zero-order valence-corrected chi connectivity index (χ0v) is 12.1. The molecule has 0 saturated carbocycles. The standard InChI is InChI=1S/C12H8Cl2N4S/c1-6-5-7-10(17-12(14)18-11(7)19-6)16-9-4-2-3-8(13)15-9/h2-5H,1H3,(H,15,16,17,18). The normalized spacial score (nSPS) is 10.9. The van der Waals surface area contributed by atoms with E-state index in [9.17, 15) is 0 Å². The van der Waals surface area contributed by atoms with Crippen LogP contribution in [0, 0.1) is 6.92 Å². The fourth-order valence-corrected chi connectivity index (χ4v) is 2.97. The lowest BCUT2D eigenvalue weighted by atomic mass is 10.3. The summed E-state index contributed by atoms with van der Waals surface area (Å²) in [7, 11) is 0. The van der Waals surface area contributed by atoms with E-state index in [4.69, 9.17) is 23.2 Å². The molecule has 7 heteroatoms. The van der Waals surface area contributed by atoms with Crippen LogP contribution >= 0.6 is 34.5 Å². The van der Waals surface area contributed by atoms with Crippen LogP contribution in [0.4, 0.5) is 11.6 Å². The second-order valence-corrected chi connectivity index (χ2v) is 5.85. The van der Waals surface area contributed by atoms with Gasteiger partial charge in [-0.1, -0.05) is 17.7 Å². The maximum Gasteiger partial charge on any atom is 0.225 e. The van der Waals surface area contributed by atoms with Crippen LogP contribution in [0.1, 0.15) is 4.88 Å². The fourth-order valence-electron chi connectivity index (χ4n) is 1.71. The third-order valence-corrected chi connectivity index (χ3v) is 3.77. The van der Waals surface area contributed by atoms with Crippen molar-refractivity contribution in [2.75, 3.05) is 5.32 Å². The predicted molar refractivity (Wildman–Crippen MR) is 79.7 cm³/mol. The summed E-state index contributed by atoms with van der Waals surface area (Å²) in [4.78, 5) is 14.6. The highest BCUT2D eigenvalue weighted by Crippen LogP contribution is 2.30. The molecule has 1 N–H and O–H groups in total. The van der Waals surface area contributed by atoms with Gasteiger partial charge in [-0.3, -0.25) is 0 Å². The molecule has 3 rings (SSSR count). The van der Waals surface area contributed by atoms with Crippen molar-refractivity contribution in [2.24, 2.45) is 0 Å². The molecule has 3 aromatic rings. The van der Waals surface area contributed by atoms with E-state index in [1.807, 2.05) is 25.1 Å². The quantitative estimate of drug-likeness (QED) is 0.561. The number of halogens is 2. The van der Waals surface area contributed by atoms with Crippen LogP contribution < -0.4 is 5.32 Å². The first-order valence-electron chi connectivity index (χ1n) is 5.45. The van der Waals surface area contributed by atoms with Gasteiger partial charge in [-0.05, 0) is 36.7 Å². The molecule has 0 aliphatic rings. The molecule has 3 heterocycles.